The molecule has 0 radical (unpaired) electrons. The Balaban J connectivity index is 1.43. The van der Waals surface area contributed by atoms with E-state index in [4.69, 9.17) is 23.4 Å². The van der Waals surface area contributed by atoms with Crippen LogP contribution in [0.4, 0.5) is 0 Å². The largest absolute Gasteiger partial charge is 0.448 e. The Kier molecular flexibility index (Phi) is 7.51. The predicted molar refractivity (Wildman–Crippen MR) is 75.4 cm³/mol. The summed E-state index contributed by atoms with van der Waals surface area (Å²) in [5.74, 6) is 0. The normalized spacial score (nSPS) is 14.5. The lowest BCUT2D eigenvalue weighted by Gasteiger charge is -2.05. The van der Waals surface area contributed by atoms with Gasteiger partial charge in [-0.25, -0.2) is 0 Å². The Morgan fingerprint density at radius 1 is 1.14 bits per heavy atom. The van der Waals surface area contributed by atoms with Gasteiger partial charge in [0.1, 0.15) is 12.9 Å². The minimum Gasteiger partial charge on any atom is -0.448 e. The maximum absolute atomic E-state index is 5.36. The monoisotopic (exact) mass is 300 g/mol. The van der Waals surface area contributed by atoms with Gasteiger partial charge in [-0.2, -0.15) is 4.98 Å². The third-order valence-electron chi connectivity index (χ3n) is 2.94. The number of methoxy groups -OCH3 is 1. The predicted octanol–water partition coefficient (Wildman–Crippen LogP) is 0.985. The van der Waals surface area contributed by atoms with Gasteiger partial charge in [0.05, 0.1) is 38.7 Å². The molecular formula is C14H24N2O5. The van der Waals surface area contributed by atoms with E-state index < -0.39 is 0 Å². The van der Waals surface area contributed by atoms with Crippen molar-refractivity contribution in [1.82, 2.24) is 10.3 Å². The molecule has 0 bridgehead atoms. The van der Waals surface area contributed by atoms with Crippen LogP contribution in [0.25, 0.3) is 0 Å². The molecule has 0 saturated heterocycles. The van der Waals surface area contributed by atoms with E-state index in [9.17, 15) is 0 Å². The lowest BCUT2D eigenvalue weighted by atomic mass is 10.5. The maximum Gasteiger partial charge on any atom is 0.393 e. The first kappa shape index (κ1) is 16.2. The standard InChI is InChI=1S/C14H24N2O5/c1-17-4-5-18-6-7-19-8-9-20-14-16-13(11-21-14)10-15-12-2-3-12/h11-12,15H,2-10H2,1H3. The molecule has 0 atom stereocenters. The summed E-state index contributed by atoms with van der Waals surface area (Å²) in [6.45, 7) is 3.90. The molecule has 7 heteroatoms. The molecule has 1 heterocycles. The van der Waals surface area contributed by atoms with Crippen molar-refractivity contribution in [2.24, 2.45) is 0 Å². The molecule has 0 aliphatic heterocycles. The molecule has 1 aliphatic rings. The van der Waals surface area contributed by atoms with Gasteiger partial charge in [-0.15, -0.1) is 0 Å². The van der Waals surface area contributed by atoms with Crippen LogP contribution in [0.3, 0.4) is 0 Å². The number of rotatable bonds is 13. The quantitative estimate of drug-likeness (QED) is 0.544. The minimum absolute atomic E-state index is 0.294. The van der Waals surface area contributed by atoms with E-state index in [1.807, 2.05) is 0 Å². The van der Waals surface area contributed by atoms with Crippen molar-refractivity contribution in [1.29, 1.82) is 0 Å². The van der Waals surface area contributed by atoms with E-state index >= 15 is 0 Å². The van der Waals surface area contributed by atoms with Crippen molar-refractivity contribution < 1.29 is 23.4 Å². The van der Waals surface area contributed by atoms with Gasteiger partial charge in [-0.3, -0.25) is 0 Å². The lowest BCUT2D eigenvalue weighted by Crippen LogP contribution is -2.15. The molecule has 120 valence electrons. The Morgan fingerprint density at radius 2 is 1.86 bits per heavy atom. The first-order chi connectivity index (χ1) is 10.4. The highest BCUT2D eigenvalue weighted by molar-refractivity contribution is 5.00. The minimum atomic E-state index is 0.294. The van der Waals surface area contributed by atoms with Gasteiger partial charge in [-0.05, 0) is 12.8 Å². The summed E-state index contributed by atoms with van der Waals surface area (Å²) >= 11 is 0. The number of oxazole rings is 1. The van der Waals surface area contributed by atoms with Gasteiger partial charge in [-0.1, -0.05) is 0 Å². The Morgan fingerprint density at radius 3 is 2.57 bits per heavy atom. The Labute approximate surface area is 124 Å². The van der Waals surface area contributed by atoms with Gasteiger partial charge in [0.25, 0.3) is 0 Å². The molecule has 1 aromatic rings. The van der Waals surface area contributed by atoms with Crippen molar-refractivity contribution in [3.63, 3.8) is 0 Å². The Hall–Kier alpha value is -1.15. The Bertz CT molecular complexity index is 381. The van der Waals surface area contributed by atoms with Crippen molar-refractivity contribution >= 4 is 0 Å². The van der Waals surface area contributed by atoms with Crippen LogP contribution in [0.1, 0.15) is 18.5 Å². The average Bonchev–Trinajstić information content (AvgIpc) is 3.22. The van der Waals surface area contributed by atoms with E-state index in [1.165, 1.54) is 12.8 Å². The molecular weight excluding hydrogens is 276 g/mol. The molecule has 7 nitrogen and oxygen atoms in total. The van der Waals surface area contributed by atoms with Crippen LogP contribution in [0.15, 0.2) is 10.7 Å². The summed E-state index contributed by atoms with van der Waals surface area (Å²) < 4.78 is 26.1. The second-order valence-corrected chi connectivity index (χ2v) is 4.83. The van der Waals surface area contributed by atoms with Crippen LogP contribution in [-0.4, -0.2) is 57.8 Å². The fraction of sp³-hybridized carbons (Fsp3) is 0.786. The molecule has 0 aromatic carbocycles. The molecule has 0 unspecified atom stereocenters. The fourth-order valence-electron chi connectivity index (χ4n) is 1.62. The van der Waals surface area contributed by atoms with Crippen molar-refractivity contribution in [2.45, 2.75) is 25.4 Å². The van der Waals surface area contributed by atoms with Crippen LogP contribution in [0, 0.1) is 0 Å². The van der Waals surface area contributed by atoms with Crippen LogP contribution in [0.2, 0.25) is 0 Å². The summed E-state index contributed by atoms with van der Waals surface area (Å²) in [6, 6.07) is 0.658. The van der Waals surface area contributed by atoms with Gasteiger partial charge < -0.3 is 28.7 Å². The molecule has 21 heavy (non-hydrogen) atoms. The van der Waals surface area contributed by atoms with E-state index in [-0.39, 0.29) is 0 Å². The number of nitrogens with zero attached hydrogens (tertiary/aromatic N) is 1. The molecule has 1 fully saturated rings. The highest BCUT2D eigenvalue weighted by atomic mass is 16.6. The number of hydrogen-bond acceptors (Lipinski definition) is 7. The zero-order valence-electron chi connectivity index (χ0n) is 12.5. The summed E-state index contributed by atoms with van der Waals surface area (Å²) in [5, 5.41) is 3.37. The van der Waals surface area contributed by atoms with Crippen LogP contribution >= 0.6 is 0 Å². The van der Waals surface area contributed by atoms with Crippen LogP contribution < -0.4 is 10.1 Å². The van der Waals surface area contributed by atoms with Crippen molar-refractivity contribution in [2.75, 3.05) is 46.8 Å². The van der Waals surface area contributed by atoms with Gasteiger partial charge in [0, 0.05) is 19.7 Å². The topological polar surface area (TPSA) is 75.0 Å². The number of nitrogens with one attached hydrogen (secondary N) is 1. The van der Waals surface area contributed by atoms with E-state index in [2.05, 4.69) is 10.3 Å². The summed E-state index contributed by atoms with van der Waals surface area (Å²) in [4.78, 5) is 4.23. The molecule has 1 aliphatic carbocycles. The highest BCUT2D eigenvalue weighted by Gasteiger charge is 2.20. The highest BCUT2D eigenvalue weighted by Crippen LogP contribution is 2.19. The molecule has 1 N–H and O–H groups in total. The number of ether oxygens (including phenoxy) is 4. The van der Waals surface area contributed by atoms with E-state index in [0.29, 0.717) is 51.8 Å². The maximum atomic E-state index is 5.36. The second-order valence-electron chi connectivity index (χ2n) is 4.83. The van der Waals surface area contributed by atoms with Crippen LogP contribution in [-0.2, 0) is 20.8 Å². The fourth-order valence-corrected chi connectivity index (χ4v) is 1.62. The summed E-state index contributed by atoms with van der Waals surface area (Å²) in [6.07, 6.45) is 4.43. The second kappa shape index (κ2) is 9.73. The molecule has 1 saturated carbocycles. The van der Waals surface area contributed by atoms with Crippen LogP contribution in [0.5, 0.6) is 6.08 Å². The molecule has 0 amide bonds. The zero-order valence-corrected chi connectivity index (χ0v) is 12.5. The number of hydrogen-bond donors (Lipinski definition) is 1. The lowest BCUT2D eigenvalue weighted by molar-refractivity contribution is 0.0157. The smallest absolute Gasteiger partial charge is 0.393 e. The van der Waals surface area contributed by atoms with Crippen molar-refractivity contribution in [3.8, 4) is 6.08 Å². The summed E-state index contributed by atoms with van der Waals surface area (Å²) in [7, 11) is 1.65. The van der Waals surface area contributed by atoms with Gasteiger partial charge in [0.2, 0.25) is 0 Å². The molecule has 0 spiro atoms. The molecule has 2 rings (SSSR count). The first-order valence-corrected chi connectivity index (χ1v) is 7.33. The van der Waals surface area contributed by atoms with Crippen molar-refractivity contribution in [3.05, 3.63) is 12.0 Å². The van der Waals surface area contributed by atoms with E-state index in [1.54, 1.807) is 13.4 Å². The zero-order chi connectivity index (χ0) is 14.8. The van der Waals surface area contributed by atoms with Gasteiger partial charge >= 0.3 is 6.08 Å². The average molecular weight is 300 g/mol. The van der Waals surface area contributed by atoms with Gasteiger partial charge in [0.15, 0.2) is 0 Å². The molecule has 1 aromatic heterocycles. The summed E-state index contributed by atoms with van der Waals surface area (Å²) in [5.41, 5.74) is 0.865. The first-order valence-electron chi connectivity index (χ1n) is 7.33. The number of aromatic nitrogens is 1. The third kappa shape index (κ3) is 7.42. The third-order valence-corrected chi connectivity index (χ3v) is 2.94. The SMILES string of the molecule is COCCOCCOCCOc1nc(CNC2CC2)co1. The van der Waals surface area contributed by atoms with E-state index in [0.717, 1.165) is 12.2 Å².